The molecular weight excluding hydrogens is 378 g/mol. The standard InChI is InChI=1S/C20H21N3O4S/c1-5-26-16-10-8-7-9-14(16)11-15-12(3)22-23(18(15)24)20-21-13(4)17(28-20)19(25)27-6-2/h7-11H,5-6H2,1-4H3/b15-11+. The minimum atomic E-state index is -0.447. The SMILES string of the molecule is CCOC(=O)c1sc(N2N=C(C)/C(=C\c3ccccc3OCC)C2=O)nc1C. The molecule has 2 aromatic rings. The van der Waals surface area contributed by atoms with Crippen LogP contribution >= 0.6 is 11.3 Å². The number of hydrogen-bond donors (Lipinski definition) is 0. The molecule has 3 rings (SSSR count). The highest BCUT2D eigenvalue weighted by Gasteiger charge is 2.32. The maximum absolute atomic E-state index is 13.0. The van der Waals surface area contributed by atoms with Crippen molar-refractivity contribution in [3.05, 3.63) is 46.0 Å². The van der Waals surface area contributed by atoms with Crippen LogP contribution in [0.4, 0.5) is 5.13 Å². The second kappa shape index (κ2) is 8.35. The Kier molecular flexibility index (Phi) is 5.89. The van der Waals surface area contributed by atoms with Crippen LogP contribution < -0.4 is 9.75 Å². The van der Waals surface area contributed by atoms with Gasteiger partial charge in [0.2, 0.25) is 5.13 Å². The van der Waals surface area contributed by atoms with Crippen molar-refractivity contribution in [2.75, 3.05) is 18.2 Å². The lowest BCUT2D eigenvalue weighted by Crippen LogP contribution is -2.21. The van der Waals surface area contributed by atoms with Crippen molar-refractivity contribution < 1.29 is 19.1 Å². The lowest BCUT2D eigenvalue weighted by Gasteiger charge is -2.08. The van der Waals surface area contributed by atoms with Crippen LogP contribution in [0.5, 0.6) is 5.75 Å². The quantitative estimate of drug-likeness (QED) is 0.545. The van der Waals surface area contributed by atoms with Crippen LogP contribution in [0, 0.1) is 6.92 Å². The Hall–Kier alpha value is -3.00. The number of amides is 1. The predicted octanol–water partition coefficient (Wildman–Crippen LogP) is 3.83. The van der Waals surface area contributed by atoms with Crippen molar-refractivity contribution in [3.8, 4) is 5.75 Å². The summed E-state index contributed by atoms with van der Waals surface area (Å²) < 4.78 is 10.7. The van der Waals surface area contributed by atoms with Gasteiger partial charge in [0.25, 0.3) is 5.91 Å². The molecular formula is C20H21N3O4S. The molecule has 0 bridgehead atoms. The van der Waals surface area contributed by atoms with Crippen LogP contribution in [0.25, 0.3) is 6.08 Å². The third-order valence-electron chi connectivity index (χ3n) is 4.01. The Balaban J connectivity index is 1.92. The molecule has 0 saturated carbocycles. The highest BCUT2D eigenvalue weighted by molar-refractivity contribution is 7.17. The van der Waals surface area contributed by atoms with E-state index in [1.54, 1.807) is 26.8 Å². The number of benzene rings is 1. The molecule has 0 aliphatic carbocycles. The number of aryl methyl sites for hydroxylation is 1. The number of nitrogens with zero attached hydrogens (tertiary/aromatic N) is 3. The minimum Gasteiger partial charge on any atom is -0.493 e. The molecule has 1 aliphatic rings. The van der Waals surface area contributed by atoms with Gasteiger partial charge in [0.15, 0.2) is 0 Å². The van der Waals surface area contributed by atoms with Crippen LogP contribution in [0.3, 0.4) is 0 Å². The third kappa shape index (κ3) is 3.82. The van der Waals surface area contributed by atoms with E-state index in [0.29, 0.717) is 39.3 Å². The largest absolute Gasteiger partial charge is 0.493 e. The van der Waals surface area contributed by atoms with Crippen molar-refractivity contribution in [3.63, 3.8) is 0 Å². The summed E-state index contributed by atoms with van der Waals surface area (Å²) in [4.78, 5) is 29.7. The van der Waals surface area contributed by atoms with Crippen LogP contribution in [0.1, 0.15) is 41.7 Å². The first-order valence-electron chi connectivity index (χ1n) is 8.94. The smallest absolute Gasteiger partial charge is 0.350 e. The van der Waals surface area contributed by atoms with E-state index in [4.69, 9.17) is 9.47 Å². The lowest BCUT2D eigenvalue weighted by molar-refractivity contribution is -0.114. The van der Waals surface area contributed by atoms with Crippen molar-refractivity contribution in [2.45, 2.75) is 27.7 Å². The summed E-state index contributed by atoms with van der Waals surface area (Å²) in [6.07, 6.45) is 1.76. The van der Waals surface area contributed by atoms with E-state index in [-0.39, 0.29) is 12.5 Å². The Bertz CT molecular complexity index is 978. The molecule has 1 aromatic heterocycles. The van der Waals surface area contributed by atoms with Crippen molar-refractivity contribution in [1.82, 2.24) is 4.98 Å². The molecule has 1 aliphatic heterocycles. The number of aromatic nitrogens is 1. The molecule has 1 amide bonds. The summed E-state index contributed by atoms with van der Waals surface area (Å²) >= 11 is 1.09. The summed E-state index contributed by atoms with van der Waals surface area (Å²) in [6, 6.07) is 7.50. The van der Waals surface area contributed by atoms with E-state index in [9.17, 15) is 9.59 Å². The third-order valence-corrected chi connectivity index (χ3v) is 5.12. The predicted molar refractivity (Wildman–Crippen MR) is 109 cm³/mol. The molecule has 0 fully saturated rings. The van der Waals surface area contributed by atoms with Crippen LogP contribution in [0.2, 0.25) is 0 Å². The summed E-state index contributed by atoms with van der Waals surface area (Å²) in [7, 11) is 0. The Morgan fingerprint density at radius 3 is 2.68 bits per heavy atom. The number of hydrogen-bond acceptors (Lipinski definition) is 7. The van der Waals surface area contributed by atoms with E-state index in [1.165, 1.54) is 5.01 Å². The van der Waals surface area contributed by atoms with Crippen LogP contribution in [-0.2, 0) is 9.53 Å². The number of para-hydroxylation sites is 1. The molecule has 146 valence electrons. The van der Waals surface area contributed by atoms with Gasteiger partial charge in [0.05, 0.1) is 30.2 Å². The zero-order valence-corrected chi connectivity index (χ0v) is 17.0. The van der Waals surface area contributed by atoms with E-state index in [2.05, 4.69) is 10.1 Å². The number of carbonyl (C=O) groups excluding carboxylic acids is 2. The molecule has 0 unspecified atom stereocenters. The second-order valence-electron chi connectivity index (χ2n) is 5.96. The molecule has 2 heterocycles. The second-order valence-corrected chi connectivity index (χ2v) is 6.94. The Labute approximate surface area is 167 Å². The number of esters is 1. The molecule has 0 saturated heterocycles. The van der Waals surface area contributed by atoms with Gasteiger partial charge in [-0.1, -0.05) is 29.5 Å². The van der Waals surface area contributed by atoms with Crippen LogP contribution in [-0.4, -0.2) is 35.8 Å². The molecule has 28 heavy (non-hydrogen) atoms. The van der Waals surface area contributed by atoms with E-state index in [1.807, 2.05) is 31.2 Å². The van der Waals surface area contributed by atoms with E-state index in [0.717, 1.165) is 16.9 Å². The maximum Gasteiger partial charge on any atom is 0.350 e. The van der Waals surface area contributed by atoms with Crippen molar-refractivity contribution in [2.24, 2.45) is 5.10 Å². The van der Waals surface area contributed by atoms with Crippen molar-refractivity contribution in [1.29, 1.82) is 0 Å². The maximum atomic E-state index is 13.0. The molecule has 0 spiro atoms. The first-order valence-corrected chi connectivity index (χ1v) is 9.76. The normalized spacial score (nSPS) is 15.1. The fourth-order valence-electron chi connectivity index (χ4n) is 2.71. The molecule has 7 nitrogen and oxygen atoms in total. The topological polar surface area (TPSA) is 81.1 Å². The first-order chi connectivity index (χ1) is 13.5. The first kappa shape index (κ1) is 19.8. The van der Waals surface area contributed by atoms with Gasteiger partial charge in [-0.2, -0.15) is 10.1 Å². The van der Waals surface area contributed by atoms with Gasteiger partial charge in [-0.3, -0.25) is 4.79 Å². The van der Waals surface area contributed by atoms with Gasteiger partial charge >= 0.3 is 5.97 Å². The van der Waals surface area contributed by atoms with Gasteiger partial charge < -0.3 is 9.47 Å². The van der Waals surface area contributed by atoms with E-state index < -0.39 is 5.97 Å². The molecule has 1 aromatic carbocycles. The number of thiazole rings is 1. The summed E-state index contributed by atoms with van der Waals surface area (Å²) in [5, 5.41) is 5.91. The molecule has 0 atom stereocenters. The highest BCUT2D eigenvalue weighted by atomic mass is 32.1. The summed E-state index contributed by atoms with van der Waals surface area (Å²) in [5.41, 5.74) is 2.34. The fraction of sp³-hybridized carbons (Fsp3) is 0.300. The van der Waals surface area contributed by atoms with Gasteiger partial charge in [-0.05, 0) is 39.8 Å². The van der Waals surface area contributed by atoms with Gasteiger partial charge in [-0.25, -0.2) is 9.78 Å². The average Bonchev–Trinajstić information content (AvgIpc) is 3.18. The zero-order valence-electron chi connectivity index (χ0n) is 16.2. The van der Waals surface area contributed by atoms with E-state index >= 15 is 0 Å². The number of ether oxygens (including phenoxy) is 2. The molecule has 0 radical (unpaired) electrons. The molecule has 8 heteroatoms. The Morgan fingerprint density at radius 1 is 1.21 bits per heavy atom. The Morgan fingerprint density at radius 2 is 1.96 bits per heavy atom. The summed E-state index contributed by atoms with van der Waals surface area (Å²) in [6.45, 7) is 7.92. The average molecular weight is 399 g/mol. The monoisotopic (exact) mass is 399 g/mol. The van der Waals surface area contributed by atoms with Gasteiger partial charge in [-0.15, -0.1) is 0 Å². The zero-order chi connectivity index (χ0) is 20.3. The van der Waals surface area contributed by atoms with Gasteiger partial charge in [0.1, 0.15) is 10.6 Å². The van der Waals surface area contributed by atoms with Gasteiger partial charge in [0, 0.05) is 5.56 Å². The van der Waals surface area contributed by atoms with Crippen LogP contribution in [0.15, 0.2) is 34.9 Å². The number of hydrazone groups is 1. The lowest BCUT2D eigenvalue weighted by atomic mass is 10.1. The highest BCUT2D eigenvalue weighted by Crippen LogP contribution is 2.32. The summed E-state index contributed by atoms with van der Waals surface area (Å²) in [5.74, 6) is -0.0447. The number of carbonyl (C=O) groups is 2. The fourth-order valence-corrected chi connectivity index (χ4v) is 3.63. The minimum absolute atomic E-state index is 0.275. The number of anilines is 1. The number of rotatable bonds is 6. The van der Waals surface area contributed by atoms with Crippen molar-refractivity contribution >= 4 is 40.1 Å². The molecule has 0 N–H and O–H groups in total.